The van der Waals surface area contributed by atoms with Crippen LogP contribution in [0, 0.1) is 0 Å². The van der Waals surface area contributed by atoms with E-state index in [9.17, 15) is 4.79 Å². The summed E-state index contributed by atoms with van der Waals surface area (Å²) in [6.45, 7) is 2.44. The normalized spacial score (nSPS) is 10.5. The number of nitrogens with zero attached hydrogens (tertiary/aromatic N) is 3. The minimum absolute atomic E-state index is 0.136. The number of thioether (sulfide) groups is 1. The number of amides is 1. The highest BCUT2D eigenvalue weighted by molar-refractivity contribution is 7.99. The van der Waals surface area contributed by atoms with Gasteiger partial charge in [-0.05, 0) is 31.2 Å². The second kappa shape index (κ2) is 9.27. The van der Waals surface area contributed by atoms with Gasteiger partial charge in [-0.1, -0.05) is 36.0 Å². The lowest BCUT2D eigenvalue weighted by Gasteiger charge is -2.11. The molecule has 0 atom stereocenters. The second-order valence-corrected chi connectivity index (χ2v) is 6.81. The van der Waals surface area contributed by atoms with Crippen molar-refractivity contribution in [3.8, 4) is 22.9 Å². The number of aromatic nitrogens is 3. The Morgan fingerprint density at radius 2 is 2.00 bits per heavy atom. The minimum atomic E-state index is -0.136. The number of hydrogen-bond donors (Lipinski definition) is 1. The van der Waals surface area contributed by atoms with Crippen LogP contribution in [0.4, 0.5) is 5.69 Å². The summed E-state index contributed by atoms with van der Waals surface area (Å²) in [6.07, 6.45) is 0. The fraction of sp³-hybridized carbons (Fsp3) is 0.250. The summed E-state index contributed by atoms with van der Waals surface area (Å²) in [7, 11) is 3.50. The molecule has 8 heteroatoms. The number of rotatable bonds is 8. The summed E-state index contributed by atoms with van der Waals surface area (Å²) in [4.78, 5) is 12.4. The van der Waals surface area contributed by atoms with Gasteiger partial charge in [0, 0.05) is 12.6 Å². The monoisotopic (exact) mass is 398 g/mol. The summed E-state index contributed by atoms with van der Waals surface area (Å²) < 4.78 is 12.7. The number of carbonyl (C=O) groups is 1. The molecule has 2 aromatic carbocycles. The zero-order valence-corrected chi connectivity index (χ0v) is 16.8. The highest BCUT2D eigenvalue weighted by Crippen LogP contribution is 2.27. The molecule has 0 aliphatic heterocycles. The van der Waals surface area contributed by atoms with Crippen molar-refractivity contribution in [3.63, 3.8) is 0 Å². The smallest absolute Gasteiger partial charge is 0.234 e. The number of hydrogen-bond acceptors (Lipinski definition) is 6. The van der Waals surface area contributed by atoms with Crippen molar-refractivity contribution in [2.75, 3.05) is 24.8 Å². The van der Waals surface area contributed by atoms with E-state index in [1.165, 1.54) is 11.8 Å². The zero-order valence-electron chi connectivity index (χ0n) is 16.0. The van der Waals surface area contributed by atoms with Crippen molar-refractivity contribution >= 4 is 23.4 Å². The largest absolute Gasteiger partial charge is 0.497 e. The number of methoxy groups -OCH3 is 1. The Hall–Kier alpha value is -3.00. The number of para-hydroxylation sites is 2. The predicted molar refractivity (Wildman–Crippen MR) is 110 cm³/mol. The first-order chi connectivity index (χ1) is 13.6. The summed E-state index contributed by atoms with van der Waals surface area (Å²) in [5, 5.41) is 12.0. The molecule has 0 aliphatic carbocycles. The van der Waals surface area contributed by atoms with Crippen LogP contribution in [-0.2, 0) is 11.8 Å². The fourth-order valence-electron chi connectivity index (χ4n) is 2.62. The average molecular weight is 398 g/mol. The van der Waals surface area contributed by atoms with E-state index in [-0.39, 0.29) is 11.7 Å². The number of benzene rings is 2. The van der Waals surface area contributed by atoms with Gasteiger partial charge >= 0.3 is 0 Å². The second-order valence-electron chi connectivity index (χ2n) is 5.86. The maximum Gasteiger partial charge on any atom is 0.234 e. The first-order valence-corrected chi connectivity index (χ1v) is 9.79. The molecule has 1 heterocycles. The Morgan fingerprint density at radius 1 is 1.18 bits per heavy atom. The van der Waals surface area contributed by atoms with Gasteiger partial charge in [-0.25, -0.2) is 0 Å². The van der Waals surface area contributed by atoms with Crippen molar-refractivity contribution in [2.45, 2.75) is 12.1 Å². The van der Waals surface area contributed by atoms with Crippen LogP contribution >= 0.6 is 11.8 Å². The molecule has 1 N–H and O–H groups in total. The van der Waals surface area contributed by atoms with E-state index in [0.29, 0.717) is 29.0 Å². The summed E-state index contributed by atoms with van der Waals surface area (Å²) in [6, 6.07) is 15.0. The third-order valence-corrected chi connectivity index (χ3v) is 4.98. The summed E-state index contributed by atoms with van der Waals surface area (Å²) in [5.74, 6) is 2.20. The van der Waals surface area contributed by atoms with Gasteiger partial charge in [0.2, 0.25) is 5.91 Å². The molecule has 3 rings (SSSR count). The lowest BCUT2D eigenvalue weighted by molar-refractivity contribution is -0.113. The van der Waals surface area contributed by atoms with Crippen LogP contribution in [0.2, 0.25) is 0 Å². The SMILES string of the molecule is CCOc1ccccc1NC(=O)CSc1nnc(-c2cccc(OC)c2)n1C. The first kappa shape index (κ1) is 19.8. The molecule has 0 spiro atoms. The van der Waals surface area contributed by atoms with Crippen LogP contribution in [0.3, 0.4) is 0 Å². The summed E-state index contributed by atoms with van der Waals surface area (Å²) in [5.41, 5.74) is 1.56. The van der Waals surface area contributed by atoms with E-state index >= 15 is 0 Å². The van der Waals surface area contributed by atoms with Gasteiger partial charge in [0.25, 0.3) is 0 Å². The Bertz CT molecular complexity index is 958. The van der Waals surface area contributed by atoms with Crippen LogP contribution in [0.25, 0.3) is 11.4 Å². The number of ether oxygens (including phenoxy) is 2. The van der Waals surface area contributed by atoms with Gasteiger partial charge in [-0.3, -0.25) is 4.79 Å². The molecule has 0 bridgehead atoms. The Balaban J connectivity index is 1.65. The van der Waals surface area contributed by atoms with Crippen molar-refractivity contribution in [1.29, 1.82) is 0 Å². The van der Waals surface area contributed by atoms with Gasteiger partial charge in [0.1, 0.15) is 11.5 Å². The molecule has 3 aromatic rings. The number of anilines is 1. The van der Waals surface area contributed by atoms with E-state index in [0.717, 1.165) is 11.3 Å². The van der Waals surface area contributed by atoms with Crippen LogP contribution in [0.5, 0.6) is 11.5 Å². The quantitative estimate of drug-likeness (QED) is 0.584. The average Bonchev–Trinajstić information content (AvgIpc) is 3.08. The maximum atomic E-state index is 12.4. The van der Waals surface area contributed by atoms with Crippen LogP contribution in [0.1, 0.15) is 6.92 Å². The lowest BCUT2D eigenvalue weighted by Crippen LogP contribution is -2.15. The van der Waals surface area contributed by atoms with Gasteiger partial charge in [-0.2, -0.15) is 0 Å². The van der Waals surface area contributed by atoms with Crippen LogP contribution in [0.15, 0.2) is 53.7 Å². The molecule has 1 aromatic heterocycles. The predicted octanol–water partition coefficient (Wildman–Crippen LogP) is 3.62. The molecule has 0 unspecified atom stereocenters. The Labute approximate surface area is 168 Å². The Kier molecular flexibility index (Phi) is 6.54. The molecular weight excluding hydrogens is 376 g/mol. The van der Waals surface area contributed by atoms with Crippen molar-refractivity contribution < 1.29 is 14.3 Å². The number of carbonyl (C=O) groups excluding carboxylic acids is 1. The van der Waals surface area contributed by atoms with Crippen molar-refractivity contribution in [3.05, 3.63) is 48.5 Å². The van der Waals surface area contributed by atoms with Gasteiger partial charge in [-0.15, -0.1) is 10.2 Å². The molecular formula is C20H22N4O3S. The van der Waals surface area contributed by atoms with E-state index in [1.54, 1.807) is 7.11 Å². The van der Waals surface area contributed by atoms with Gasteiger partial charge in [0.05, 0.1) is 25.2 Å². The molecule has 0 fully saturated rings. The molecule has 0 radical (unpaired) electrons. The highest BCUT2D eigenvalue weighted by Gasteiger charge is 2.14. The molecule has 0 aliphatic rings. The lowest BCUT2D eigenvalue weighted by atomic mass is 10.2. The first-order valence-electron chi connectivity index (χ1n) is 8.80. The molecule has 1 amide bonds. The van der Waals surface area contributed by atoms with Gasteiger partial charge in [0.15, 0.2) is 11.0 Å². The third-order valence-electron chi connectivity index (χ3n) is 3.96. The zero-order chi connectivity index (χ0) is 19.9. The van der Waals surface area contributed by atoms with Crippen LogP contribution < -0.4 is 14.8 Å². The van der Waals surface area contributed by atoms with E-state index in [4.69, 9.17) is 9.47 Å². The minimum Gasteiger partial charge on any atom is -0.497 e. The van der Waals surface area contributed by atoms with E-state index in [2.05, 4.69) is 15.5 Å². The molecule has 7 nitrogen and oxygen atoms in total. The molecule has 28 heavy (non-hydrogen) atoms. The van der Waals surface area contributed by atoms with Crippen molar-refractivity contribution in [2.24, 2.45) is 7.05 Å². The van der Waals surface area contributed by atoms with E-state index < -0.39 is 0 Å². The number of nitrogens with one attached hydrogen (secondary N) is 1. The van der Waals surface area contributed by atoms with E-state index in [1.807, 2.05) is 67.1 Å². The van der Waals surface area contributed by atoms with Crippen molar-refractivity contribution in [1.82, 2.24) is 14.8 Å². The fourth-order valence-corrected chi connectivity index (χ4v) is 3.33. The molecule has 146 valence electrons. The third kappa shape index (κ3) is 4.64. The molecule has 0 saturated carbocycles. The molecule has 0 saturated heterocycles. The maximum absolute atomic E-state index is 12.4. The topological polar surface area (TPSA) is 78.3 Å². The van der Waals surface area contributed by atoms with Gasteiger partial charge < -0.3 is 19.4 Å². The highest BCUT2D eigenvalue weighted by atomic mass is 32.2. The summed E-state index contributed by atoms with van der Waals surface area (Å²) >= 11 is 1.32. The standard InChI is InChI=1S/C20H22N4O3S/c1-4-27-17-11-6-5-10-16(17)21-18(25)13-28-20-23-22-19(24(20)2)14-8-7-9-15(12-14)26-3/h5-12H,4,13H2,1-3H3,(H,21,25). The Morgan fingerprint density at radius 3 is 2.79 bits per heavy atom. The van der Waals surface area contributed by atoms with Crippen LogP contribution in [-0.4, -0.2) is 40.1 Å².